The van der Waals surface area contributed by atoms with Gasteiger partial charge in [-0.2, -0.15) is 10.3 Å². The van der Waals surface area contributed by atoms with Crippen LogP contribution in [-0.4, -0.2) is 33.6 Å². The molecule has 0 saturated carbocycles. The molecule has 0 aliphatic heterocycles. The summed E-state index contributed by atoms with van der Waals surface area (Å²) in [6, 6.07) is 12.7. The molecule has 1 amide bonds. The van der Waals surface area contributed by atoms with E-state index in [-0.39, 0.29) is 35.1 Å². The topological polar surface area (TPSA) is 102 Å². The van der Waals surface area contributed by atoms with Crippen molar-refractivity contribution < 1.29 is 9.53 Å². The van der Waals surface area contributed by atoms with Crippen molar-refractivity contribution in [3.8, 4) is 6.07 Å². The highest BCUT2D eigenvalue weighted by Gasteiger charge is 2.16. The molecule has 0 aliphatic rings. The quantitative estimate of drug-likeness (QED) is 0.453. The van der Waals surface area contributed by atoms with Gasteiger partial charge in [0.1, 0.15) is 17.4 Å². The fraction of sp³-hybridized carbons (Fsp3) is 0.240. The van der Waals surface area contributed by atoms with Gasteiger partial charge in [-0.3, -0.25) is 14.0 Å². The zero-order chi connectivity index (χ0) is 23.7. The number of nitriles is 1. The number of ether oxygens (including phenoxy) is 1. The van der Waals surface area contributed by atoms with Crippen LogP contribution in [0.5, 0.6) is 0 Å². The molecule has 8 heteroatoms. The van der Waals surface area contributed by atoms with Crippen molar-refractivity contribution in [2.45, 2.75) is 27.3 Å². The Bertz CT molecular complexity index is 1570. The molecule has 0 bridgehead atoms. The average molecular weight is 441 g/mol. The largest absolute Gasteiger partial charge is 0.383 e. The van der Waals surface area contributed by atoms with E-state index in [1.54, 1.807) is 36.1 Å². The van der Waals surface area contributed by atoms with Crippen LogP contribution < -0.4 is 11.0 Å². The minimum absolute atomic E-state index is 0.114. The van der Waals surface area contributed by atoms with Gasteiger partial charge in [-0.15, -0.1) is 0 Å². The number of carbonyl (C=O) groups excluding carboxylic acids is 1. The second-order valence-electron chi connectivity index (χ2n) is 7.97. The van der Waals surface area contributed by atoms with Crippen molar-refractivity contribution in [2.75, 3.05) is 13.7 Å². The highest BCUT2D eigenvalue weighted by Crippen LogP contribution is 2.14. The van der Waals surface area contributed by atoms with Crippen LogP contribution in [0.3, 0.4) is 0 Å². The summed E-state index contributed by atoms with van der Waals surface area (Å²) in [6.07, 6.45) is 1.64. The minimum Gasteiger partial charge on any atom is -0.383 e. The Hall–Kier alpha value is -4.09. The average Bonchev–Trinajstić information content (AvgIpc) is 2.78. The van der Waals surface area contributed by atoms with E-state index in [1.807, 2.05) is 32.9 Å². The van der Waals surface area contributed by atoms with Gasteiger partial charge < -0.3 is 9.30 Å². The Morgan fingerprint density at radius 2 is 1.88 bits per heavy atom. The van der Waals surface area contributed by atoms with Gasteiger partial charge in [0.15, 0.2) is 5.49 Å². The van der Waals surface area contributed by atoms with Gasteiger partial charge in [0.05, 0.1) is 17.6 Å². The molecule has 0 unspecified atom stereocenters. The number of nitrogens with zero attached hydrogens (tertiary/aromatic N) is 5. The first kappa shape index (κ1) is 22.1. The van der Waals surface area contributed by atoms with Gasteiger partial charge in [0, 0.05) is 25.4 Å². The molecule has 0 aliphatic carbocycles. The number of rotatable bonds is 4. The fourth-order valence-electron chi connectivity index (χ4n) is 3.94. The van der Waals surface area contributed by atoms with Crippen molar-refractivity contribution in [3.63, 3.8) is 0 Å². The Morgan fingerprint density at radius 1 is 1.15 bits per heavy atom. The number of aryl methyl sites for hydroxylation is 3. The Morgan fingerprint density at radius 3 is 2.55 bits per heavy atom. The molecule has 0 N–H and O–H groups in total. The van der Waals surface area contributed by atoms with E-state index in [0.717, 1.165) is 16.7 Å². The van der Waals surface area contributed by atoms with Crippen LogP contribution >= 0.6 is 0 Å². The van der Waals surface area contributed by atoms with Gasteiger partial charge in [0.25, 0.3) is 11.5 Å². The van der Waals surface area contributed by atoms with E-state index in [4.69, 9.17) is 9.72 Å². The summed E-state index contributed by atoms with van der Waals surface area (Å²) < 4.78 is 8.32. The molecule has 4 rings (SSSR count). The summed E-state index contributed by atoms with van der Waals surface area (Å²) in [7, 11) is 1.55. The number of aromatic nitrogens is 3. The van der Waals surface area contributed by atoms with Crippen LogP contribution in [0.1, 0.15) is 32.6 Å². The molecule has 0 fully saturated rings. The van der Waals surface area contributed by atoms with E-state index in [0.29, 0.717) is 16.9 Å². The fourth-order valence-corrected chi connectivity index (χ4v) is 3.94. The predicted octanol–water partition coefficient (Wildman–Crippen LogP) is 2.83. The van der Waals surface area contributed by atoms with Gasteiger partial charge in [-0.05, 0) is 50.6 Å². The minimum atomic E-state index is -0.475. The Balaban J connectivity index is 2.10. The normalized spacial score (nSPS) is 11.8. The van der Waals surface area contributed by atoms with E-state index in [9.17, 15) is 14.9 Å². The molecule has 166 valence electrons. The van der Waals surface area contributed by atoms with E-state index < -0.39 is 5.91 Å². The lowest BCUT2D eigenvalue weighted by molar-refractivity contribution is 0.0996. The highest BCUT2D eigenvalue weighted by atomic mass is 16.5. The van der Waals surface area contributed by atoms with Gasteiger partial charge in [0.2, 0.25) is 0 Å². The van der Waals surface area contributed by atoms with E-state index >= 15 is 0 Å². The number of pyridine rings is 2. The molecule has 3 aromatic heterocycles. The standard InChI is InChI=1S/C25H23N5O3/c1-15-10-16(2)12-18(11-15)24(31)28-22-19(14-26)13-20-23(29(22)8-9-33-4)27-21-17(3)6-5-7-30(21)25(20)32/h5-7,10-13H,8-9H2,1-4H3. The molecule has 3 heterocycles. The molecule has 4 aromatic rings. The lowest BCUT2D eigenvalue weighted by Crippen LogP contribution is -2.30. The molecule has 0 saturated heterocycles. The zero-order valence-corrected chi connectivity index (χ0v) is 18.9. The monoisotopic (exact) mass is 441 g/mol. The molecular weight excluding hydrogens is 418 g/mol. The number of carbonyl (C=O) groups is 1. The third kappa shape index (κ3) is 4.06. The Kier molecular flexibility index (Phi) is 5.90. The number of hydrogen-bond acceptors (Lipinski definition) is 5. The van der Waals surface area contributed by atoms with Gasteiger partial charge >= 0.3 is 0 Å². The van der Waals surface area contributed by atoms with Crippen molar-refractivity contribution in [1.82, 2.24) is 14.0 Å². The second-order valence-corrected chi connectivity index (χ2v) is 7.97. The first-order chi connectivity index (χ1) is 15.8. The van der Waals surface area contributed by atoms with Crippen molar-refractivity contribution in [2.24, 2.45) is 4.99 Å². The van der Waals surface area contributed by atoms with Crippen LogP contribution in [0.15, 0.2) is 52.4 Å². The molecule has 1 aromatic carbocycles. The maximum atomic E-state index is 13.2. The van der Waals surface area contributed by atoms with E-state index in [1.165, 1.54) is 10.5 Å². The summed E-state index contributed by atoms with van der Waals surface area (Å²) >= 11 is 0. The molecule has 0 spiro atoms. The molecule has 33 heavy (non-hydrogen) atoms. The summed E-state index contributed by atoms with van der Waals surface area (Å²) in [6.45, 7) is 6.22. The summed E-state index contributed by atoms with van der Waals surface area (Å²) in [5, 5.41) is 10.1. The lowest BCUT2D eigenvalue weighted by Gasteiger charge is -2.14. The molecule has 0 radical (unpaired) electrons. The SMILES string of the molecule is COCCn1c(=NC(=O)c2cc(C)cc(C)c2)c(C#N)cc2c(=O)n3cccc(C)c3nc21. The van der Waals surface area contributed by atoms with Crippen molar-refractivity contribution >= 4 is 22.6 Å². The maximum absolute atomic E-state index is 13.2. The van der Waals surface area contributed by atoms with Crippen LogP contribution in [0.2, 0.25) is 0 Å². The molecule has 8 nitrogen and oxygen atoms in total. The first-order valence-corrected chi connectivity index (χ1v) is 10.5. The summed E-state index contributed by atoms with van der Waals surface area (Å²) in [5.41, 5.74) is 3.94. The highest BCUT2D eigenvalue weighted by molar-refractivity contribution is 5.95. The lowest BCUT2D eigenvalue weighted by atomic mass is 10.1. The number of hydrogen-bond donors (Lipinski definition) is 0. The van der Waals surface area contributed by atoms with Crippen LogP contribution in [-0.2, 0) is 11.3 Å². The second kappa shape index (κ2) is 8.81. The van der Waals surface area contributed by atoms with E-state index in [2.05, 4.69) is 11.1 Å². The van der Waals surface area contributed by atoms with Crippen molar-refractivity contribution in [1.29, 1.82) is 5.26 Å². The third-order valence-electron chi connectivity index (χ3n) is 5.42. The van der Waals surface area contributed by atoms with Gasteiger partial charge in [-0.25, -0.2) is 4.98 Å². The molecular formula is C25H23N5O3. The van der Waals surface area contributed by atoms with Crippen LogP contribution in [0, 0.1) is 32.1 Å². The number of benzene rings is 1. The zero-order valence-electron chi connectivity index (χ0n) is 18.9. The summed E-state index contributed by atoms with van der Waals surface area (Å²) in [4.78, 5) is 35.4. The number of fused-ring (bicyclic) bond motifs is 2. The van der Waals surface area contributed by atoms with Crippen LogP contribution in [0.25, 0.3) is 16.7 Å². The number of amides is 1. The van der Waals surface area contributed by atoms with Crippen LogP contribution in [0.4, 0.5) is 0 Å². The maximum Gasteiger partial charge on any atom is 0.279 e. The molecule has 0 atom stereocenters. The van der Waals surface area contributed by atoms with Gasteiger partial charge in [-0.1, -0.05) is 23.3 Å². The first-order valence-electron chi connectivity index (χ1n) is 10.5. The Labute approximate surface area is 190 Å². The smallest absolute Gasteiger partial charge is 0.279 e. The third-order valence-corrected chi connectivity index (χ3v) is 5.42. The van der Waals surface area contributed by atoms with Crippen molar-refractivity contribution in [3.05, 3.63) is 86.3 Å². The number of methoxy groups -OCH3 is 1. The summed E-state index contributed by atoms with van der Waals surface area (Å²) in [5.74, 6) is -0.475. The predicted molar refractivity (Wildman–Crippen MR) is 124 cm³/mol.